The molecule has 0 saturated heterocycles. The van der Waals surface area contributed by atoms with E-state index in [1.165, 1.54) is 0 Å². The second kappa shape index (κ2) is 19.1. The van der Waals surface area contributed by atoms with Gasteiger partial charge in [-0.3, -0.25) is 19.4 Å². The van der Waals surface area contributed by atoms with Crippen molar-refractivity contribution in [3.05, 3.63) is 224 Å². The third-order valence-electron chi connectivity index (χ3n) is 16.7. The maximum absolute atomic E-state index is 13.8. The lowest BCUT2D eigenvalue weighted by molar-refractivity contribution is -0.107. The van der Waals surface area contributed by atoms with Crippen molar-refractivity contribution in [1.82, 2.24) is 0 Å². The fourth-order valence-electron chi connectivity index (χ4n) is 12.4. The van der Waals surface area contributed by atoms with E-state index in [1.54, 1.807) is 21.9 Å². The Labute approximate surface area is 460 Å². The van der Waals surface area contributed by atoms with Gasteiger partial charge in [-0.05, 0) is 149 Å². The SMILES string of the molecule is CCN(CC)c1ccc2c(c1)Oc1cc(C)c(N(C=O)c3ccc(C(C)(C)c4ccc(N(C=O)c5cc6c(cc5C)Oc5cc(N(CC)CC)ccc5C65OC(=O)c6ccccc65)cc4)cc3)cc1C21OC(=O)c2ccccc21. The van der Waals surface area contributed by atoms with E-state index in [4.69, 9.17) is 18.9 Å². The zero-order valence-electron chi connectivity index (χ0n) is 45.5. The minimum atomic E-state index is -1.32. The van der Waals surface area contributed by atoms with Gasteiger partial charge in [0.05, 0.1) is 22.5 Å². The number of hydrogen-bond donors (Lipinski definition) is 0. The maximum atomic E-state index is 13.8. The van der Waals surface area contributed by atoms with Crippen LogP contribution in [-0.2, 0) is 35.7 Å². The van der Waals surface area contributed by atoms with Crippen molar-refractivity contribution in [2.45, 2.75) is 72.0 Å². The molecule has 12 rings (SSSR count). The minimum absolute atomic E-state index is 0.430. The fourth-order valence-corrected chi connectivity index (χ4v) is 12.4. The summed E-state index contributed by atoms with van der Waals surface area (Å²) in [7, 11) is 0. The highest BCUT2D eigenvalue weighted by Gasteiger charge is 2.55. The molecule has 0 bridgehead atoms. The van der Waals surface area contributed by atoms with Gasteiger partial charge in [-0.25, -0.2) is 9.59 Å². The smallest absolute Gasteiger partial charge is 0.340 e. The van der Waals surface area contributed by atoms with Gasteiger partial charge in [-0.1, -0.05) is 74.5 Å². The Morgan fingerprint density at radius 3 is 1.15 bits per heavy atom. The van der Waals surface area contributed by atoms with Crippen molar-refractivity contribution >= 4 is 58.9 Å². The van der Waals surface area contributed by atoms with E-state index in [-0.39, 0.29) is 0 Å². The number of fused-ring (bicyclic) bond motifs is 12. The Morgan fingerprint density at radius 2 is 0.785 bits per heavy atom. The molecule has 2 unspecified atom stereocenters. The van der Waals surface area contributed by atoms with Crippen LogP contribution in [0, 0.1) is 13.8 Å². The van der Waals surface area contributed by atoms with Crippen LogP contribution in [0.1, 0.15) is 118 Å². The predicted octanol–water partition coefficient (Wildman–Crippen LogP) is 14.0. The van der Waals surface area contributed by atoms with E-state index < -0.39 is 28.6 Å². The number of rotatable bonds is 14. The Morgan fingerprint density at radius 1 is 0.430 bits per heavy atom. The van der Waals surface area contributed by atoms with Gasteiger partial charge in [-0.2, -0.15) is 0 Å². The number of esters is 2. The summed E-state index contributed by atoms with van der Waals surface area (Å²) in [6, 6.07) is 50.5. The fraction of sp³-hybridized carbons (Fsp3) is 0.224. The van der Waals surface area contributed by atoms with Crippen molar-refractivity contribution in [2.24, 2.45) is 0 Å². The number of aryl methyl sites for hydroxylation is 2. The molecule has 12 heteroatoms. The number of carbonyl (C=O) groups is 4. The number of amides is 2. The summed E-state index contributed by atoms with van der Waals surface area (Å²) in [5, 5.41) is 0. The predicted molar refractivity (Wildman–Crippen MR) is 307 cm³/mol. The van der Waals surface area contributed by atoms with E-state index in [0.717, 1.165) is 72.6 Å². The van der Waals surface area contributed by atoms with Crippen LogP contribution in [-0.4, -0.2) is 50.9 Å². The molecule has 79 heavy (non-hydrogen) atoms. The first kappa shape index (κ1) is 50.6. The summed E-state index contributed by atoms with van der Waals surface area (Å²) in [5.74, 6) is 1.43. The number of hydrogen-bond acceptors (Lipinski definition) is 10. The third-order valence-corrected chi connectivity index (χ3v) is 16.7. The van der Waals surface area contributed by atoms with Crippen LogP contribution >= 0.6 is 0 Å². The summed E-state index contributed by atoms with van der Waals surface area (Å²) in [6.45, 7) is 19.9. The Balaban J connectivity index is 0.850. The molecule has 0 fully saturated rings. The van der Waals surface area contributed by atoms with Gasteiger partial charge in [-0.15, -0.1) is 0 Å². The van der Waals surface area contributed by atoms with Crippen LogP contribution in [0.15, 0.2) is 158 Å². The Hall–Kier alpha value is -9.16. The zero-order chi connectivity index (χ0) is 55.1. The number of carbonyl (C=O) groups excluding carboxylic acids is 4. The van der Waals surface area contributed by atoms with Gasteiger partial charge in [0.2, 0.25) is 12.8 Å². The molecular weight excluding hydrogens is 989 g/mol. The molecule has 4 aliphatic rings. The van der Waals surface area contributed by atoms with Crippen molar-refractivity contribution in [2.75, 3.05) is 45.8 Å². The highest BCUT2D eigenvalue weighted by molar-refractivity contribution is 5.99. The van der Waals surface area contributed by atoms with Crippen molar-refractivity contribution in [1.29, 1.82) is 0 Å². The lowest BCUT2D eigenvalue weighted by Crippen LogP contribution is -2.34. The average Bonchev–Trinajstić information content (AvgIpc) is 4.03. The van der Waals surface area contributed by atoms with Gasteiger partial charge < -0.3 is 28.7 Å². The number of nitrogens with zero attached hydrogens (tertiary/aromatic N) is 4. The summed E-state index contributed by atoms with van der Waals surface area (Å²) in [4.78, 5) is 61.9. The van der Waals surface area contributed by atoms with Gasteiger partial charge >= 0.3 is 11.9 Å². The third kappa shape index (κ3) is 7.62. The van der Waals surface area contributed by atoms with Gasteiger partial charge in [0, 0.05) is 99.9 Å². The standard InChI is InChI=1S/C67H60N4O8/c1-9-68(10-2)47-29-31-53-61(35-47)76-59-33-41(5)57(37-55(59)66(53)51-19-15-13-17-49(51)63(74)78-66)70(39-72)45-25-21-43(22-26-45)65(7,8)44-23-27-46(28-24-44)71(40-73)58-38-56-60(34-42(58)6)77-62-36-48(69(11-3)12-4)30-32-54(62)67(56)52-20-16-14-18-50(52)64(75)79-67/h13-40H,9-12H2,1-8H3. The molecule has 8 aromatic rings. The minimum Gasteiger partial charge on any atom is -0.456 e. The average molecular weight is 1050 g/mol. The van der Waals surface area contributed by atoms with Crippen LogP contribution in [0.2, 0.25) is 0 Å². The normalized spacial score (nSPS) is 17.0. The second-order valence-corrected chi connectivity index (χ2v) is 21.1. The monoisotopic (exact) mass is 1050 g/mol. The van der Waals surface area contributed by atoms with Crippen LogP contribution < -0.4 is 29.1 Å². The van der Waals surface area contributed by atoms with Crippen LogP contribution in [0.5, 0.6) is 23.0 Å². The quantitative estimate of drug-likeness (QED) is 0.0769. The molecular formula is C67H60N4O8. The lowest BCUT2D eigenvalue weighted by atomic mass is 9.77. The molecule has 0 aliphatic carbocycles. The van der Waals surface area contributed by atoms with Crippen LogP contribution in [0.3, 0.4) is 0 Å². The van der Waals surface area contributed by atoms with Crippen molar-refractivity contribution in [3.8, 4) is 23.0 Å². The molecule has 4 heterocycles. The number of benzene rings is 8. The molecule has 8 aromatic carbocycles. The molecule has 4 aliphatic heterocycles. The molecule has 0 radical (unpaired) electrons. The molecule has 0 N–H and O–H groups in total. The first-order chi connectivity index (χ1) is 38.2. The molecule has 2 atom stereocenters. The van der Waals surface area contributed by atoms with Crippen LogP contribution in [0.4, 0.5) is 34.1 Å². The number of ether oxygens (including phenoxy) is 4. The second-order valence-electron chi connectivity index (χ2n) is 21.1. The van der Waals surface area contributed by atoms with Crippen LogP contribution in [0.25, 0.3) is 0 Å². The molecule has 0 saturated carbocycles. The Kier molecular flexibility index (Phi) is 12.2. The summed E-state index contributed by atoms with van der Waals surface area (Å²) < 4.78 is 26.5. The topological polar surface area (TPSA) is 118 Å². The molecule has 12 nitrogen and oxygen atoms in total. The maximum Gasteiger partial charge on any atom is 0.340 e. The van der Waals surface area contributed by atoms with Crippen molar-refractivity contribution in [3.63, 3.8) is 0 Å². The zero-order valence-corrected chi connectivity index (χ0v) is 45.5. The summed E-state index contributed by atoms with van der Waals surface area (Å²) in [5.41, 5.74) is 9.98. The van der Waals surface area contributed by atoms with Gasteiger partial charge in [0.15, 0.2) is 11.2 Å². The Bertz CT molecular complexity index is 3560. The summed E-state index contributed by atoms with van der Waals surface area (Å²) >= 11 is 0. The highest BCUT2D eigenvalue weighted by atomic mass is 16.6. The highest BCUT2D eigenvalue weighted by Crippen LogP contribution is 2.60. The molecule has 0 aromatic heterocycles. The van der Waals surface area contributed by atoms with E-state index in [0.29, 0.717) is 90.3 Å². The van der Waals surface area contributed by atoms with E-state index in [1.807, 2.05) is 159 Å². The first-order valence-electron chi connectivity index (χ1n) is 27.0. The first-order valence-corrected chi connectivity index (χ1v) is 27.0. The molecule has 2 amide bonds. The summed E-state index contributed by atoms with van der Waals surface area (Å²) in [6.07, 6.45) is 1.61. The van der Waals surface area contributed by atoms with E-state index in [9.17, 15) is 19.2 Å². The number of anilines is 6. The molecule has 2 spiro atoms. The largest absolute Gasteiger partial charge is 0.456 e. The van der Waals surface area contributed by atoms with Gasteiger partial charge in [0.25, 0.3) is 0 Å². The van der Waals surface area contributed by atoms with Gasteiger partial charge in [0.1, 0.15) is 23.0 Å². The van der Waals surface area contributed by atoms with E-state index >= 15 is 0 Å². The van der Waals surface area contributed by atoms with E-state index in [2.05, 4.69) is 51.3 Å². The lowest BCUT2D eigenvalue weighted by Gasteiger charge is -2.38. The van der Waals surface area contributed by atoms with Crippen molar-refractivity contribution < 1.29 is 38.1 Å². The molecule has 396 valence electrons.